The summed E-state index contributed by atoms with van der Waals surface area (Å²) in [5.41, 5.74) is 0.626. The molecular weight excluding hydrogens is 450 g/mol. The summed E-state index contributed by atoms with van der Waals surface area (Å²) in [6.07, 6.45) is 1.31. The van der Waals surface area contributed by atoms with Gasteiger partial charge in [-0.2, -0.15) is 9.40 Å². The lowest BCUT2D eigenvalue weighted by atomic mass is 9.81. The number of hydrogen-bond donors (Lipinski definition) is 0. The second-order valence-corrected chi connectivity index (χ2v) is 10.4. The minimum atomic E-state index is -3.56. The number of sulfonamides is 1. The molecule has 31 heavy (non-hydrogen) atoms. The monoisotopic (exact) mass is 468 g/mol. The summed E-state index contributed by atoms with van der Waals surface area (Å²) >= 11 is 5.86. The summed E-state index contributed by atoms with van der Waals surface area (Å²) < 4.78 is 53.9. The van der Waals surface area contributed by atoms with Crippen LogP contribution in [0, 0.1) is 5.41 Å². The fraction of sp³-hybridized carbons (Fsp3) is 0.421. The molecule has 0 N–H and O–H groups in total. The van der Waals surface area contributed by atoms with Crippen LogP contribution in [-0.2, 0) is 16.6 Å². The number of fused-ring (bicyclic) bond motifs is 1. The normalized spacial score (nSPS) is 18.9. The number of anilines is 1. The largest absolute Gasteiger partial charge is 0.355 e. The Morgan fingerprint density at radius 2 is 1.87 bits per heavy atom. The number of aromatic nitrogens is 4. The van der Waals surface area contributed by atoms with Crippen molar-refractivity contribution in [2.45, 2.75) is 24.3 Å². The van der Waals surface area contributed by atoms with Crippen molar-refractivity contribution >= 4 is 38.6 Å². The number of rotatable bonds is 5. The maximum Gasteiger partial charge on any atom is 0.258 e. The molecule has 12 heteroatoms. The molecule has 1 aromatic carbocycles. The molecule has 0 aliphatic carbocycles. The molecule has 2 fully saturated rings. The third-order valence-corrected chi connectivity index (χ3v) is 7.94. The molecule has 1 spiro atoms. The molecule has 2 aliphatic heterocycles. The van der Waals surface area contributed by atoms with Crippen LogP contribution in [0.3, 0.4) is 0 Å². The first-order valence-corrected chi connectivity index (χ1v) is 11.6. The van der Waals surface area contributed by atoms with Gasteiger partial charge in [0.25, 0.3) is 6.43 Å². The summed E-state index contributed by atoms with van der Waals surface area (Å²) in [5.74, 6) is 0.583. The standard InChI is InChI=1S/C19H19ClF2N6O2S/c20-13-1-3-14(4-2-13)31(29,30)27-11-19(12-27)5-6-26(10-19)17-8-23-15-7-24-28(9-16(21)22)18(15)25-17/h1-4,7-8,16H,5-6,9-12H2. The zero-order valence-electron chi connectivity index (χ0n) is 16.3. The summed E-state index contributed by atoms with van der Waals surface area (Å²) in [4.78, 5) is 11.1. The van der Waals surface area contributed by atoms with Gasteiger partial charge in [0.2, 0.25) is 10.0 Å². The van der Waals surface area contributed by atoms with Crippen LogP contribution < -0.4 is 4.90 Å². The first-order valence-electron chi connectivity index (χ1n) is 9.73. The summed E-state index contributed by atoms with van der Waals surface area (Å²) in [5, 5.41) is 4.43. The fourth-order valence-electron chi connectivity index (χ4n) is 4.27. The Balaban J connectivity index is 1.30. The molecule has 0 saturated carbocycles. The van der Waals surface area contributed by atoms with E-state index in [2.05, 4.69) is 15.1 Å². The van der Waals surface area contributed by atoms with Gasteiger partial charge >= 0.3 is 0 Å². The molecule has 2 aliphatic rings. The van der Waals surface area contributed by atoms with E-state index in [9.17, 15) is 17.2 Å². The first kappa shape index (κ1) is 20.5. The third kappa shape index (κ3) is 3.64. The van der Waals surface area contributed by atoms with Crippen molar-refractivity contribution in [3.63, 3.8) is 0 Å². The Morgan fingerprint density at radius 3 is 2.58 bits per heavy atom. The average Bonchev–Trinajstić information content (AvgIpc) is 3.31. The molecule has 4 heterocycles. The number of halogens is 3. The van der Waals surface area contributed by atoms with Crippen LogP contribution in [0.5, 0.6) is 0 Å². The van der Waals surface area contributed by atoms with Gasteiger partial charge in [-0.1, -0.05) is 11.6 Å². The number of benzene rings is 1. The van der Waals surface area contributed by atoms with E-state index < -0.39 is 23.0 Å². The summed E-state index contributed by atoms with van der Waals surface area (Å²) in [7, 11) is -3.56. The van der Waals surface area contributed by atoms with Gasteiger partial charge in [0.1, 0.15) is 17.9 Å². The number of nitrogens with zero attached hydrogens (tertiary/aromatic N) is 6. The predicted molar refractivity (Wildman–Crippen MR) is 111 cm³/mol. The Labute approximate surface area is 182 Å². The van der Waals surface area contributed by atoms with Crippen LogP contribution in [0.25, 0.3) is 11.2 Å². The third-order valence-electron chi connectivity index (χ3n) is 5.88. The number of hydrogen-bond acceptors (Lipinski definition) is 6. The predicted octanol–water partition coefficient (Wildman–Crippen LogP) is 2.65. The molecule has 2 aromatic heterocycles. The molecule has 0 atom stereocenters. The molecule has 164 valence electrons. The van der Waals surface area contributed by atoms with Crippen LogP contribution >= 0.6 is 11.6 Å². The van der Waals surface area contributed by atoms with Crippen molar-refractivity contribution in [1.82, 2.24) is 24.1 Å². The highest BCUT2D eigenvalue weighted by Gasteiger charge is 2.52. The minimum Gasteiger partial charge on any atom is -0.355 e. The molecule has 5 rings (SSSR count). The summed E-state index contributed by atoms with van der Waals surface area (Å²) in [6.45, 7) is 1.63. The Kier molecular flexibility index (Phi) is 4.87. The van der Waals surface area contributed by atoms with Crippen LogP contribution in [0.2, 0.25) is 5.02 Å². The maximum absolute atomic E-state index is 12.8. The highest BCUT2D eigenvalue weighted by atomic mass is 35.5. The second kappa shape index (κ2) is 7.35. The molecule has 0 unspecified atom stereocenters. The van der Waals surface area contributed by atoms with Gasteiger partial charge < -0.3 is 4.90 Å². The molecule has 8 nitrogen and oxygen atoms in total. The van der Waals surface area contributed by atoms with Gasteiger partial charge in [-0.3, -0.25) is 0 Å². The topological polar surface area (TPSA) is 84.2 Å². The molecule has 2 saturated heterocycles. The van der Waals surface area contributed by atoms with E-state index in [1.807, 2.05) is 4.90 Å². The average molecular weight is 469 g/mol. The van der Waals surface area contributed by atoms with E-state index in [0.717, 1.165) is 11.1 Å². The van der Waals surface area contributed by atoms with Gasteiger partial charge in [0, 0.05) is 36.6 Å². The van der Waals surface area contributed by atoms with Gasteiger partial charge in [-0.15, -0.1) is 0 Å². The van der Waals surface area contributed by atoms with Gasteiger partial charge in [-0.05, 0) is 30.7 Å². The lowest BCUT2D eigenvalue weighted by Crippen LogP contribution is -2.59. The summed E-state index contributed by atoms with van der Waals surface area (Å²) in [6, 6.07) is 6.15. The highest BCUT2D eigenvalue weighted by Crippen LogP contribution is 2.43. The van der Waals surface area contributed by atoms with E-state index >= 15 is 0 Å². The molecule has 3 aromatic rings. The lowest BCUT2D eigenvalue weighted by Gasteiger charge is -2.46. The maximum atomic E-state index is 12.8. The van der Waals surface area contributed by atoms with Crippen molar-refractivity contribution in [3.05, 3.63) is 41.7 Å². The molecule has 0 amide bonds. The fourth-order valence-corrected chi connectivity index (χ4v) is 6.06. The van der Waals surface area contributed by atoms with E-state index in [0.29, 0.717) is 48.2 Å². The van der Waals surface area contributed by atoms with E-state index in [4.69, 9.17) is 11.6 Å². The van der Waals surface area contributed by atoms with Crippen molar-refractivity contribution in [2.24, 2.45) is 5.41 Å². The smallest absolute Gasteiger partial charge is 0.258 e. The SMILES string of the molecule is O=S(=O)(c1ccc(Cl)cc1)N1CC2(CCN(c3cnc4cnn(CC(F)F)c4n3)C2)C1. The van der Waals surface area contributed by atoms with Crippen LogP contribution in [0.1, 0.15) is 6.42 Å². The van der Waals surface area contributed by atoms with Crippen LogP contribution in [0.15, 0.2) is 41.6 Å². The Bertz CT molecular complexity index is 1230. The van der Waals surface area contributed by atoms with Crippen LogP contribution in [-0.4, -0.2) is 65.1 Å². The van der Waals surface area contributed by atoms with E-state index in [1.165, 1.54) is 22.6 Å². The minimum absolute atomic E-state index is 0.153. The number of alkyl halides is 2. The second-order valence-electron chi connectivity index (χ2n) is 8.05. The van der Waals surface area contributed by atoms with E-state index in [-0.39, 0.29) is 10.3 Å². The quantitative estimate of drug-likeness (QED) is 0.572. The van der Waals surface area contributed by atoms with Crippen molar-refractivity contribution < 1.29 is 17.2 Å². The van der Waals surface area contributed by atoms with Crippen molar-refractivity contribution in [2.75, 3.05) is 31.1 Å². The van der Waals surface area contributed by atoms with Crippen molar-refractivity contribution in [1.29, 1.82) is 0 Å². The van der Waals surface area contributed by atoms with Crippen molar-refractivity contribution in [3.8, 4) is 0 Å². The van der Waals surface area contributed by atoms with Gasteiger partial charge in [-0.25, -0.2) is 31.8 Å². The first-order chi connectivity index (χ1) is 14.8. The zero-order valence-corrected chi connectivity index (χ0v) is 17.9. The zero-order chi connectivity index (χ0) is 21.8. The Hall–Kier alpha value is -2.37. The lowest BCUT2D eigenvalue weighted by molar-refractivity contribution is 0.0936. The van der Waals surface area contributed by atoms with Crippen LogP contribution in [0.4, 0.5) is 14.6 Å². The molecule has 0 radical (unpaired) electrons. The van der Waals surface area contributed by atoms with Gasteiger partial charge in [0.05, 0.1) is 17.3 Å². The molecular formula is C19H19ClF2N6O2S. The Morgan fingerprint density at radius 1 is 1.13 bits per heavy atom. The highest BCUT2D eigenvalue weighted by molar-refractivity contribution is 7.89. The van der Waals surface area contributed by atoms with Gasteiger partial charge in [0.15, 0.2) is 5.65 Å². The molecule has 0 bridgehead atoms. The van der Waals surface area contributed by atoms with E-state index in [1.54, 1.807) is 18.3 Å².